The summed E-state index contributed by atoms with van der Waals surface area (Å²) >= 11 is 6.65. The minimum atomic E-state index is -0.401. The van der Waals surface area contributed by atoms with Gasteiger partial charge in [-0.25, -0.2) is 9.97 Å². The molecular formula is C24H29ClN6O2. The van der Waals surface area contributed by atoms with Gasteiger partial charge in [-0.05, 0) is 39.3 Å². The quantitative estimate of drug-likeness (QED) is 0.544. The van der Waals surface area contributed by atoms with E-state index in [4.69, 9.17) is 22.1 Å². The first kappa shape index (κ1) is 23.3. The molecule has 2 aromatic heterocycles. The summed E-state index contributed by atoms with van der Waals surface area (Å²) in [7, 11) is 0. The Labute approximate surface area is 198 Å². The van der Waals surface area contributed by atoms with Crippen molar-refractivity contribution in [3.05, 3.63) is 45.9 Å². The lowest BCUT2D eigenvalue weighted by Crippen LogP contribution is -2.48. The molecule has 0 radical (unpaired) electrons. The largest absolute Gasteiger partial charge is 0.493 e. The Kier molecular flexibility index (Phi) is 6.48. The zero-order valence-electron chi connectivity index (χ0n) is 19.3. The molecule has 8 nitrogen and oxygen atoms in total. The fraction of sp³-hybridized carbons (Fsp3) is 0.458. The topological polar surface area (TPSA) is 113 Å². The van der Waals surface area contributed by atoms with Crippen molar-refractivity contribution in [2.45, 2.75) is 45.8 Å². The van der Waals surface area contributed by atoms with Gasteiger partial charge in [-0.3, -0.25) is 4.90 Å². The number of aryl methyl sites for hydroxylation is 1. The van der Waals surface area contributed by atoms with E-state index in [2.05, 4.69) is 27.9 Å². The molecule has 9 heteroatoms. The summed E-state index contributed by atoms with van der Waals surface area (Å²) < 4.78 is 8.22. The number of hydrogen-bond donors (Lipinski definition) is 2. The third kappa shape index (κ3) is 4.12. The Morgan fingerprint density at radius 3 is 2.73 bits per heavy atom. The van der Waals surface area contributed by atoms with Crippen molar-refractivity contribution < 1.29 is 9.84 Å². The highest BCUT2D eigenvalue weighted by Crippen LogP contribution is 2.44. The highest BCUT2D eigenvalue weighted by Gasteiger charge is 2.35. The standard InChI is InChI=1S/C24H29ClN6O2/c1-5-33-22-17(15(4)31-8-13(2)20-23(27)28-12-29-24(20)31)6-19(25)18(7-26)21(22)16-10-30(11-16)9-14(3)32/h6,8,12,14-16,32H,5,9-11H2,1-4H3,(H2,27,28,29). The molecule has 0 aliphatic carbocycles. The Balaban J connectivity index is 1.83. The van der Waals surface area contributed by atoms with Gasteiger partial charge >= 0.3 is 0 Å². The molecule has 1 aromatic carbocycles. The number of anilines is 1. The first-order valence-electron chi connectivity index (χ1n) is 11.1. The number of benzene rings is 1. The van der Waals surface area contributed by atoms with E-state index in [1.165, 1.54) is 6.33 Å². The number of β-amino-alcohol motifs (C(OH)–C–C–N with tert-alkyl or cyclic N) is 1. The predicted molar refractivity (Wildman–Crippen MR) is 129 cm³/mol. The summed E-state index contributed by atoms with van der Waals surface area (Å²) in [5.74, 6) is 1.25. The van der Waals surface area contributed by atoms with E-state index in [9.17, 15) is 10.4 Å². The maximum Gasteiger partial charge on any atom is 0.146 e. The van der Waals surface area contributed by atoms with Crippen molar-refractivity contribution in [3.8, 4) is 11.8 Å². The molecule has 0 bridgehead atoms. The van der Waals surface area contributed by atoms with Gasteiger partial charge in [0, 0.05) is 42.9 Å². The summed E-state index contributed by atoms with van der Waals surface area (Å²) in [6.45, 7) is 10.3. The van der Waals surface area contributed by atoms with Gasteiger partial charge in [0.25, 0.3) is 0 Å². The number of aliphatic hydroxyl groups excluding tert-OH is 1. The van der Waals surface area contributed by atoms with Crippen LogP contribution in [0, 0.1) is 18.3 Å². The molecule has 1 aliphatic heterocycles. The van der Waals surface area contributed by atoms with Gasteiger partial charge in [0.15, 0.2) is 0 Å². The van der Waals surface area contributed by atoms with Gasteiger partial charge in [-0.1, -0.05) is 11.6 Å². The summed E-state index contributed by atoms with van der Waals surface area (Å²) in [5.41, 5.74) is 10.0. The molecule has 3 heterocycles. The predicted octanol–water partition coefficient (Wildman–Crippen LogP) is 3.64. The number of hydrogen-bond acceptors (Lipinski definition) is 7. The Hall–Kier alpha value is -2.86. The van der Waals surface area contributed by atoms with Crippen LogP contribution in [0.5, 0.6) is 5.75 Å². The van der Waals surface area contributed by atoms with Crippen LogP contribution in [0.15, 0.2) is 18.6 Å². The zero-order chi connectivity index (χ0) is 23.9. The number of fused-ring (bicyclic) bond motifs is 1. The normalized spacial score (nSPS) is 16.4. The van der Waals surface area contributed by atoms with Crippen LogP contribution in [0.1, 0.15) is 55.0 Å². The average molecular weight is 469 g/mol. The van der Waals surface area contributed by atoms with E-state index in [0.717, 1.165) is 40.8 Å². The Morgan fingerprint density at radius 1 is 1.36 bits per heavy atom. The fourth-order valence-corrected chi connectivity index (χ4v) is 5.07. The molecule has 33 heavy (non-hydrogen) atoms. The molecule has 1 fully saturated rings. The maximum absolute atomic E-state index is 9.91. The van der Waals surface area contributed by atoms with Crippen LogP contribution < -0.4 is 10.5 Å². The van der Waals surface area contributed by atoms with Crippen LogP contribution in [0.2, 0.25) is 5.02 Å². The number of aliphatic hydroxyl groups is 1. The SMILES string of the molecule is CCOc1c(C(C)n2cc(C)c3c(N)ncnc32)cc(Cl)c(C#N)c1C1CN(CC(C)O)C1. The highest BCUT2D eigenvalue weighted by atomic mass is 35.5. The van der Waals surface area contributed by atoms with Gasteiger partial charge < -0.3 is 20.1 Å². The molecular weight excluding hydrogens is 440 g/mol. The number of nitrogens with two attached hydrogens (primary N) is 1. The highest BCUT2D eigenvalue weighted by molar-refractivity contribution is 6.32. The van der Waals surface area contributed by atoms with Crippen LogP contribution in [0.4, 0.5) is 5.82 Å². The molecule has 1 aliphatic rings. The number of rotatable bonds is 7. The van der Waals surface area contributed by atoms with E-state index in [-0.39, 0.29) is 12.0 Å². The molecule has 174 valence electrons. The lowest BCUT2D eigenvalue weighted by Gasteiger charge is -2.41. The van der Waals surface area contributed by atoms with Crippen LogP contribution in [-0.4, -0.2) is 56.9 Å². The molecule has 2 unspecified atom stereocenters. The second-order valence-corrected chi connectivity index (χ2v) is 9.13. The van der Waals surface area contributed by atoms with Crippen LogP contribution in [0.3, 0.4) is 0 Å². The minimum absolute atomic E-state index is 0.103. The maximum atomic E-state index is 9.91. The number of nitrogen functional groups attached to an aromatic ring is 1. The summed E-state index contributed by atoms with van der Waals surface area (Å²) in [4.78, 5) is 10.8. The number of ether oxygens (including phenoxy) is 1. The average Bonchev–Trinajstić information content (AvgIpc) is 3.08. The molecule has 3 aromatic rings. The second-order valence-electron chi connectivity index (χ2n) is 8.73. The van der Waals surface area contributed by atoms with Crippen LogP contribution in [-0.2, 0) is 0 Å². The molecule has 0 saturated carbocycles. The lowest BCUT2D eigenvalue weighted by atomic mass is 9.84. The lowest BCUT2D eigenvalue weighted by molar-refractivity contribution is 0.0731. The van der Waals surface area contributed by atoms with E-state index in [1.807, 2.05) is 30.7 Å². The number of nitrogens with zero attached hydrogens (tertiary/aromatic N) is 5. The van der Waals surface area contributed by atoms with Gasteiger partial charge in [-0.2, -0.15) is 5.26 Å². The molecule has 3 N–H and O–H groups in total. The van der Waals surface area contributed by atoms with E-state index >= 15 is 0 Å². The zero-order valence-corrected chi connectivity index (χ0v) is 20.1. The van der Waals surface area contributed by atoms with Crippen molar-refractivity contribution in [2.75, 3.05) is 32.0 Å². The monoisotopic (exact) mass is 468 g/mol. The van der Waals surface area contributed by atoms with E-state index in [1.54, 1.807) is 6.92 Å². The first-order valence-corrected chi connectivity index (χ1v) is 11.5. The van der Waals surface area contributed by atoms with Crippen molar-refractivity contribution in [3.63, 3.8) is 0 Å². The Morgan fingerprint density at radius 2 is 2.09 bits per heavy atom. The summed E-state index contributed by atoms with van der Waals surface area (Å²) in [5, 5.41) is 20.9. The second kappa shape index (κ2) is 9.18. The Bertz CT molecular complexity index is 1230. The molecule has 0 spiro atoms. The van der Waals surface area contributed by atoms with E-state index in [0.29, 0.717) is 35.3 Å². The van der Waals surface area contributed by atoms with Gasteiger partial charge in [0.2, 0.25) is 0 Å². The van der Waals surface area contributed by atoms with Crippen molar-refractivity contribution in [1.82, 2.24) is 19.4 Å². The number of halogens is 1. The molecule has 0 amide bonds. The van der Waals surface area contributed by atoms with Crippen LogP contribution in [0.25, 0.3) is 11.0 Å². The number of likely N-dealkylation sites (tertiary alicyclic amines) is 1. The molecule has 2 atom stereocenters. The third-order valence-corrected chi connectivity index (χ3v) is 6.58. The number of aromatic nitrogens is 3. The fourth-order valence-electron chi connectivity index (χ4n) is 4.81. The van der Waals surface area contributed by atoms with Crippen molar-refractivity contribution in [2.24, 2.45) is 0 Å². The molecule has 1 saturated heterocycles. The van der Waals surface area contributed by atoms with Crippen molar-refractivity contribution >= 4 is 28.5 Å². The summed E-state index contributed by atoms with van der Waals surface area (Å²) in [6, 6.07) is 3.95. The summed E-state index contributed by atoms with van der Waals surface area (Å²) in [6.07, 6.45) is 3.07. The van der Waals surface area contributed by atoms with E-state index < -0.39 is 6.10 Å². The van der Waals surface area contributed by atoms with Crippen molar-refractivity contribution in [1.29, 1.82) is 5.26 Å². The van der Waals surface area contributed by atoms with Crippen LogP contribution >= 0.6 is 11.6 Å². The third-order valence-electron chi connectivity index (χ3n) is 6.28. The first-order chi connectivity index (χ1) is 15.8. The smallest absolute Gasteiger partial charge is 0.146 e. The minimum Gasteiger partial charge on any atom is -0.493 e. The van der Waals surface area contributed by atoms with Gasteiger partial charge in [0.05, 0.1) is 34.7 Å². The molecule has 4 rings (SSSR count). The van der Waals surface area contributed by atoms with Gasteiger partial charge in [-0.15, -0.1) is 0 Å². The van der Waals surface area contributed by atoms with Gasteiger partial charge in [0.1, 0.15) is 29.6 Å². The number of nitriles is 1.